The van der Waals surface area contributed by atoms with E-state index in [1.165, 1.54) is 18.3 Å². The van der Waals surface area contributed by atoms with Gasteiger partial charge in [-0.15, -0.1) is 0 Å². The fraction of sp³-hybridized carbons (Fsp3) is 0. The van der Waals surface area contributed by atoms with Crippen LogP contribution >= 0.6 is 11.6 Å². The maximum Gasteiger partial charge on any atom is 0.258 e. The summed E-state index contributed by atoms with van der Waals surface area (Å²) in [5, 5.41) is 2.25. The molecular formula is C12H6ClF3N2O. The van der Waals surface area contributed by atoms with Crippen molar-refractivity contribution in [2.75, 3.05) is 5.32 Å². The van der Waals surface area contributed by atoms with Crippen LogP contribution in [-0.2, 0) is 0 Å². The molecule has 0 atom stereocenters. The van der Waals surface area contributed by atoms with Gasteiger partial charge in [0.05, 0.1) is 11.3 Å². The zero-order valence-corrected chi connectivity index (χ0v) is 10.0. The fourth-order valence-electron chi connectivity index (χ4n) is 1.37. The van der Waals surface area contributed by atoms with Crippen LogP contribution in [0.5, 0.6) is 0 Å². The highest BCUT2D eigenvalue weighted by Crippen LogP contribution is 2.20. The first-order valence-corrected chi connectivity index (χ1v) is 5.44. The molecule has 0 aliphatic carbocycles. The number of pyridine rings is 1. The number of nitrogens with one attached hydrogen (secondary N) is 1. The molecule has 0 fully saturated rings. The zero-order valence-electron chi connectivity index (χ0n) is 9.25. The molecule has 19 heavy (non-hydrogen) atoms. The molecule has 1 N–H and O–H groups in total. The molecule has 0 bridgehead atoms. The number of anilines is 1. The van der Waals surface area contributed by atoms with E-state index in [-0.39, 0.29) is 10.8 Å². The first kappa shape index (κ1) is 13.4. The van der Waals surface area contributed by atoms with Gasteiger partial charge in [-0.05, 0) is 24.3 Å². The zero-order chi connectivity index (χ0) is 14.0. The molecule has 0 aliphatic heterocycles. The monoisotopic (exact) mass is 286 g/mol. The van der Waals surface area contributed by atoms with Crippen LogP contribution in [-0.4, -0.2) is 10.9 Å². The number of nitrogens with zero attached hydrogens (tertiary/aromatic N) is 1. The van der Waals surface area contributed by atoms with Crippen LogP contribution in [0.1, 0.15) is 10.4 Å². The molecule has 0 unspecified atom stereocenters. The molecule has 1 aromatic carbocycles. The van der Waals surface area contributed by atoms with Gasteiger partial charge in [0.2, 0.25) is 0 Å². The predicted octanol–water partition coefficient (Wildman–Crippen LogP) is 3.40. The van der Waals surface area contributed by atoms with E-state index in [4.69, 9.17) is 11.6 Å². The van der Waals surface area contributed by atoms with Crippen molar-refractivity contribution in [2.24, 2.45) is 0 Å². The topological polar surface area (TPSA) is 42.0 Å². The molecule has 0 spiro atoms. The summed E-state index contributed by atoms with van der Waals surface area (Å²) in [5.74, 6) is -5.58. The van der Waals surface area contributed by atoms with Gasteiger partial charge in [-0.1, -0.05) is 11.6 Å². The van der Waals surface area contributed by atoms with Crippen LogP contribution < -0.4 is 5.32 Å². The number of halogens is 4. The molecule has 98 valence electrons. The van der Waals surface area contributed by atoms with Crippen molar-refractivity contribution in [1.29, 1.82) is 0 Å². The normalized spacial score (nSPS) is 10.3. The number of hydrogen-bond donors (Lipinski definition) is 1. The lowest BCUT2D eigenvalue weighted by atomic mass is 10.2. The van der Waals surface area contributed by atoms with Gasteiger partial charge in [-0.2, -0.15) is 0 Å². The van der Waals surface area contributed by atoms with Gasteiger partial charge >= 0.3 is 0 Å². The fourth-order valence-corrected chi connectivity index (χ4v) is 1.54. The molecule has 0 saturated carbocycles. The summed E-state index contributed by atoms with van der Waals surface area (Å²) < 4.78 is 39.1. The van der Waals surface area contributed by atoms with Gasteiger partial charge in [0.15, 0.2) is 22.6 Å². The third-order valence-electron chi connectivity index (χ3n) is 2.29. The summed E-state index contributed by atoms with van der Waals surface area (Å²) in [7, 11) is 0. The minimum atomic E-state index is -1.70. The van der Waals surface area contributed by atoms with Gasteiger partial charge in [-0.25, -0.2) is 18.2 Å². The summed E-state index contributed by atoms with van der Waals surface area (Å²) in [4.78, 5) is 15.4. The third kappa shape index (κ3) is 2.68. The van der Waals surface area contributed by atoms with Crippen LogP contribution in [0, 0.1) is 17.5 Å². The lowest BCUT2D eigenvalue weighted by Gasteiger charge is -2.07. The summed E-state index contributed by atoms with van der Waals surface area (Å²) >= 11 is 5.70. The Hall–Kier alpha value is -2.08. The number of hydrogen-bond acceptors (Lipinski definition) is 2. The van der Waals surface area contributed by atoms with Crippen molar-refractivity contribution in [3.63, 3.8) is 0 Å². The Morgan fingerprint density at radius 1 is 1.16 bits per heavy atom. The summed E-state index contributed by atoms with van der Waals surface area (Å²) in [6.45, 7) is 0. The largest absolute Gasteiger partial charge is 0.319 e. The van der Waals surface area contributed by atoms with Gasteiger partial charge in [0, 0.05) is 6.20 Å². The first-order chi connectivity index (χ1) is 9.00. The molecule has 1 amide bonds. The van der Waals surface area contributed by atoms with E-state index >= 15 is 0 Å². The van der Waals surface area contributed by atoms with E-state index in [1.54, 1.807) is 0 Å². The maximum absolute atomic E-state index is 13.4. The minimum Gasteiger partial charge on any atom is -0.319 e. The Labute approximate surface area is 111 Å². The average Bonchev–Trinajstić information content (AvgIpc) is 2.39. The second-order valence-corrected chi connectivity index (χ2v) is 3.88. The van der Waals surface area contributed by atoms with Crippen LogP contribution in [0.15, 0.2) is 30.5 Å². The van der Waals surface area contributed by atoms with Gasteiger partial charge in [0.1, 0.15) is 0 Å². The third-order valence-corrected chi connectivity index (χ3v) is 2.59. The van der Waals surface area contributed by atoms with E-state index in [1.807, 2.05) is 0 Å². The second-order valence-electron chi connectivity index (χ2n) is 3.52. The summed E-state index contributed by atoms with van der Waals surface area (Å²) in [6, 6.07) is 4.44. The minimum absolute atomic E-state index is 0.00107. The van der Waals surface area contributed by atoms with Crippen LogP contribution in [0.25, 0.3) is 0 Å². The SMILES string of the molecule is O=C(Nc1cccnc1Cl)c1ccc(F)c(F)c1F. The highest BCUT2D eigenvalue weighted by molar-refractivity contribution is 6.32. The van der Waals surface area contributed by atoms with Gasteiger partial charge in [-0.3, -0.25) is 4.79 Å². The molecule has 2 rings (SSSR count). The molecule has 7 heteroatoms. The molecule has 2 aromatic rings. The van der Waals surface area contributed by atoms with Crippen molar-refractivity contribution >= 4 is 23.2 Å². The predicted molar refractivity (Wildman–Crippen MR) is 63.5 cm³/mol. The Morgan fingerprint density at radius 3 is 2.58 bits per heavy atom. The number of rotatable bonds is 2. The van der Waals surface area contributed by atoms with Gasteiger partial charge in [0.25, 0.3) is 5.91 Å². The van der Waals surface area contributed by atoms with Crippen molar-refractivity contribution in [3.05, 3.63) is 58.6 Å². The van der Waals surface area contributed by atoms with Crippen LogP contribution in [0.3, 0.4) is 0 Å². The summed E-state index contributed by atoms with van der Waals surface area (Å²) in [5.41, 5.74) is -0.489. The van der Waals surface area contributed by atoms with Crippen LogP contribution in [0.4, 0.5) is 18.9 Å². The van der Waals surface area contributed by atoms with E-state index in [9.17, 15) is 18.0 Å². The highest BCUT2D eigenvalue weighted by Gasteiger charge is 2.19. The number of carbonyl (C=O) groups excluding carboxylic acids is 1. The second kappa shape index (κ2) is 5.27. The average molecular weight is 287 g/mol. The molecule has 3 nitrogen and oxygen atoms in total. The van der Waals surface area contributed by atoms with E-state index in [0.717, 1.165) is 6.07 Å². The number of amides is 1. The van der Waals surface area contributed by atoms with Crippen molar-refractivity contribution in [3.8, 4) is 0 Å². The Morgan fingerprint density at radius 2 is 1.89 bits per heavy atom. The van der Waals surface area contributed by atoms with Crippen LogP contribution in [0.2, 0.25) is 5.15 Å². The number of aromatic nitrogens is 1. The lowest BCUT2D eigenvalue weighted by Crippen LogP contribution is -2.15. The van der Waals surface area contributed by atoms with Crippen molar-refractivity contribution < 1.29 is 18.0 Å². The Bertz CT molecular complexity index is 649. The standard InChI is InChI=1S/C12H6ClF3N2O/c13-11-8(2-1-5-17-11)18-12(19)6-3-4-7(14)10(16)9(6)15/h1-5H,(H,18,19). The van der Waals surface area contributed by atoms with Crippen molar-refractivity contribution in [1.82, 2.24) is 4.98 Å². The summed E-state index contributed by atoms with van der Waals surface area (Å²) in [6.07, 6.45) is 1.40. The molecular weight excluding hydrogens is 281 g/mol. The maximum atomic E-state index is 13.4. The van der Waals surface area contributed by atoms with E-state index in [0.29, 0.717) is 6.07 Å². The highest BCUT2D eigenvalue weighted by atomic mass is 35.5. The van der Waals surface area contributed by atoms with E-state index in [2.05, 4.69) is 10.3 Å². The number of carbonyl (C=O) groups is 1. The lowest BCUT2D eigenvalue weighted by molar-refractivity contribution is 0.102. The number of benzene rings is 1. The molecule has 1 heterocycles. The molecule has 0 aliphatic rings. The Kier molecular flexibility index (Phi) is 3.71. The smallest absolute Gasteiger partial charge is 0.258 e. The van der Waals surface area contributed by atoms with Crippen molar-refractivity contribution in [2.45, 2.75) is 0 Å². The van der Waals surface area contributed by atoms with E-state index < -0.39 is 28.9 Å². The Balaban J connectivity index is 2.31. The molecule has 0 saturated heterocycles. The molecule has 1 aromatic heterocycles. The molecule has 0 radical (unpaired) electrons. The first-order valence-electron chi connectivity index (χ1n) is 5.06. The van der Waals surface area contributed by atoms with Gasteiger partial charge < -0.3 is 5.32 Å². The quantitative estimate of drug-likeness (QED) is 0.679.